The monoisotopic (exact) mass is 234 g/mol. The molecule has 1 amide bonds. The topological polar surface area (TPSA) is 50.7 Å². The average Bonchev–Trinajstić information content (AvgIpc) is 2.46. The van der Waals surface area contributed by atoms with E-state index in [0.717, 1.165) is 5.75 Å². The molecule has 0 aromatic heterocycles. The minimum absolute atomic E-state index is 0.0621. The van der Waals surface area contributed by atoms with Crippen LogP contribution in [0.5, 0.6) is 0 Å². The van der Waals surface area contributed by atoms with E-state index in [1.54, 1.807) is 6.21 Å². The van der Waals surface area contributed by atoms with Gasteiger partial charge in [0, 0.05) is 18.1 Å². The predicted octanol–water partition coefficient (Wildman–Crippen LogP) is 1.91. The minimum Gasteiger partial charge on any atom is -0.323 e. The molecule has 1 rings (SSSR count). The number of amides is 1. The van der Waals surface area contributed by atoms with Crippen molar-refractivity contribution in [3.63, 3.8) is 0 Å². The largest absolute Gasteiger partial charge is 0.433 e. The lowest BCUT2D eigenvalue weighted by molar-refractivity contribution is 0.153. The molecule has 0 aliphatic carbocycles. The first-order chi connectivity index (χ1) is 6.56. The molecule has 0 aromatic carbocycles. The highest BCUT2D eigenvalue weighted by molar-refractivity contribution is 8.22. The van der Waals surface area contributed by atoms with Gasteiger partial charge in [0.1, 0.15) is 0 Å². The second-order valence-electron chi connectivity index (χ2n) is 3.12. The van der Waals surface area contributed by atoms with Crippen molar-refractivity contribution in [3.05, 3.63) is 0 Å². The number of thioether (sulfide) groups is 2. The lowest BCUT2D eigenvalue weighted by Gasteiger charge is -2.14. The molecule has 14 heavy (non-hydrogen) atoms. The number of hydrogen-bond donors (Lipinski definition) is 1. The zero-order valence-corrected chi connectivity index (χ0v) is 10.1. The zero-order valence-electron chi connectivity index (χ0n) is 8.44. The Hall–Kier alpha value is -0.360. The van der Waals surface area contributed by atoms with Crippen LogP contribution < -0.4 is 5.32 Å². The maximum Gasteiger partial charge on any atom is 0.433 e. The van der Waals surface area contributed by atoms with Crippen LogP contribution in [0.4, 0.5) is 4.79 Å². The van der Waals surface area contributed by atoms with E-state index in [9.17, 15) is 4.79 Å². The van der Waals surface area contributed by atoms with Crippen molar-refractivity contribution in [2.75, 3.05) is 12.8 Å². The van der Waals surface area contributed by atoms with Gasteiger partial charge in [-0.2, -0.15) is 0 Å². The fourth-order valence-electron chi connectivity index (χ4n) is 1.03. The maximum atomic E-state index is 10.7. The van der Waals surface area contributed by atoms with Gasteiger partial charge in [-0.1, -0.05) is 12.1 Å². The first-order valence-electron chi connectivity index (χ1n) is 4.31. The van der Waals surface area contributed by atoms with Crippen molar-refractivity contribution in [1.82, 2.24) is 5.32 Å². The van der Waals surface area contributed by atoms with Gasteiger partial charge < -0.3 is 5.32 Å². The second kappa shape index (κ2) is 4.93. The number of rotatable bonds is 2. The zero-order chi connectivity index (χ0) is 10.6. The van der Waals surface area contributed by atoms with E-state index >= 15 is 0 Å². The summed E-state index contributed by atoms with van der Waals surface area (Å²) in [6.45, 7) is 4.25. The summed E-state index contributed by atoms with van der Waals surface area (Å²) in [5.74, 6) is 1.10. The van der Waals surface area contributed by atoms with Gasteiger partial charge in [-0.05, 0) is 6.92 Å². The maximum absolute atomic E-state index is 10.7. The van der Waals surface area contributed by atoms with Crippen molar-refractivity contribution in [3.8, 4) is 0 Å². The Labute approximate surface area is 92.2 Å². The normalized spacial score (nSPS) is 32.1. The number of carbonyl (C=O) groups excluding carboxylic acids is 1. The highest BCUT2D eigenvalue weighted by Gasteiger charge is 2.33. The summed E-state index contributed by atoms with van der Waals surface area (Å²) in [5, 5.41) is 6.60. The Balaban J connectivity index is 2.39. The van der Waals surface area contributed by atoms with E-state index in [0.29, 0.717) is 5.25 Å². The fourth-order valence-corrected chi connectivity index (χ4v) is 4.07. The van der Waals surface area contributed by atoms with Crippen LogP contribution in [0.15, 0.2) is 5.16 Å². The molecule has 0 unspecified atom stereocenters. The molecule has 1 fully saturated rings. The number of hydrogen-bond acceptors (Lipinski definition) is 5. The number of oxime groups is 1. The molecule has 0 radical (unpaired) electrons. The minimum atomic E-state index is -0.536. The molecule has 2 atom stereocenters. The van der Waals surface area contributed by atoms with E-state index in [1.807, 2.05) is 23.5 Å². The van der Waals surface area contributed by atoms with Crippen LogP contribution in [0.25, 0.3) is 0 Å². The van der Waals surface area contributed by atoms with Crippen molar-refractivity contribution >= 4 is 35.8 Å². The molecule has 1 heterocycles. The quantitative estimate of drug-likeness (QED) is 0.450. The van der Waals surface area contributed by atoms with Gasteiger partial charge in [-0.3, -0.25) is 4.84 Å². The highest BCUT2D eigenvalue weighted by Crippen LogP contribution is 2.46. The van der Waals surface area contributed by atoms with Gasteiger partial charge in [0.2, 0.25) is 0 Å². The van der Waals surface area contributed by atoms with Crippen molar-refractivity contribution in [1.29, 1.82) is 0 Å². The van der Waals surface area contributed by atoms with Crippen LogP contribution in [0, 0.1) is 0 Å². The summed E-state index contributed by atoms with van der Waals surface area (Å²) in [4.78, 5) is 15.2. The first kappa shape index (κ1) is 11.7. The molecule has 80 valence electrons. The standard InChI is InChI=1S/C8H14N2O2S2/c1-6-4-13-8(2,14-6)5-10-12-7(11)9-3/h5-6H,4H2,1-3H3,(H,9,11)/b10-5-/t6-,8-/m0/s1. The number of nitrogens with zero attached hydrogens (tertiary/aromatic N) is 1. The first-order valence-corrected chi connectivity index (χ1v) is 6.17. The Bertz CT molecular complexity index is 247. The van der Waals surface area contributed by atoms with Crippen molar-refractivity contribution < 1.29 is 9.63 Å². The van der Waals surface area contributed by atoms with E-state index in [-0.39, 0.29) is 4.08 Å². The average molecular weight is 234 g/mol. The smallest absolute Gasteiger partial charge is 0.323 e. The molecule has 0 saturated carbocycles. The van der Waals surface area contributed by atoms with Crippen LogP contribution in [0.1, 0.15) is 13.8 Å². The van der Waals surface area contributed by atoms with Crippen LogP contribution >= 0.6 is 23.5 Å². The fraction of sp³-hybridized carbons (Fsp3) is 0.750. The van der Waals surface area contributed by atoms with Crippen LogP contribution in [-0.2, 0) is 4.84 Å². The summed E-state index contributed by atoms with van der Waals surface area (Å²) in [6, 6.07) is 0. The molecule has 0 aromatic rings. The van der Waals surface area contributed by atoms with Gasteiger partial charge in [0.25, 0.3) is 0 Å². The molecular weight excluding hydrogens is 220 g/mol. The third kappa shape index (κ3) is 3.42. The SMILES string of the molecule is CNC(=O)O/N=C\[C@@]1(C)SC[C@H](C)S1. The molecule has 4 nitrogen and oxygen atoms in total. The summed E-state index contributed by atoms with van der Waals surface area (Å²) < 4.78 is -0.0621. The Kier molecular flexibility index (Phi) is 4.12. The van der Waals surface area contributed by atoms with Crippen LogP contribution in [-0.4, -0.2) is 34.4 Å². The van der Waals surface area contributed by atoms with E-state index in [4.69, 9.17) is 0 Å². The molecule has 0 bridgehead atoms. The molecule has 1 N–H and O–H groups in total. The van der Waals surface area contributed by atoms with E-state index in [1.165, 1.54) is 7.05 Å². The van der Waals surface area contributed by atoms with Crippen LogP contribution in [0.3, 0.4) is 0 Å². The second-order valence-corrected chi connectivity index (χ2v) is 6.74. The lowest BCUT2D eigenvalue weighted by atomic mass is 10.5. The van der Waals surface area contributed by atoms with Crippen molar-refractivity contribution in [2.24, 2.45) is 5.16 Å². The van der Waals surface area contributed by atoms with Crippen LogP contribution in [0.2, 0.25) is 0 Å². The lowest BCUT2D eigenvalue weighted by Crippen LogP contribution is -2.19. The summed E-state index contributed by atoms with van der Waals surface area (Å²) in [5.41, 5.74) is 0. The predicted molar refractivity (Wildman–Crippen MR) is 61.9 cm³/mol. The van der Waals surface area contributed by atoms with Gasteiger partial charge in [-0.25, -0.2) is 4.79 Å². The summed E-state index contributed by atoms with van der Waals surface area (Å²) in [6.07, 6.45) is 1.15. The number of carbonyl (C=O) groups is 1. The van der Waals surface area contributed by atoms with Gasteiger partial charge in [-0.15, -0.1) is 23.5 Å². The van der Waals surface area contributed by atoms with E-state index < -0.39 is 6.09 Å². The molecule has 0 spiro atoms. The Morgan fingerprint density at radius 3 is 3.00 bits per heavy atom. The molecular formula is C8H14N2O2S2. The molecule has 1 aliphatic rings. The van der Waals surface area contributed by atoms with Gasteiger partial charge >= 0.3 is 6.09 Å². The summed E-state index contributed by atoms with van der Waals surface area (Å²) in [7, 11) is 1.50. The molecule has 6 heteroatoms. The third-order valence-electron chi connectivity index (χ3n) is 1.67. The molecule has 1 saturated heterocycles. The highest BCUT2D eigenvalue weighted by atomic mass is 32.2. The Morgan fingerprint density at radius 2 is 2.50 bits per heavy atom. The van der Waals surface area contributed by atoms with Crippen molar-refractivity contribution in [2.45, 2.75) is 23.2 Å². The van der Waals surface area contributed by atoms with Gasteiger partial charge in [0.05, 0.1) is 10.3 Å². The third-order valence-corrected chi connectivity index (χ3v) is 5.01. The Morgan fingerprint density at radius 1 is 1.79 bits per heavy atom. The molecule has 1 aliphatic heterocycles. The van der Waals surface area contributed by atoms with E-state index in [2.05, 4.69) is 29.2 Å². The van der Waals surface area contributed by atoms with Gasteiger partial charge in [0.15, 0.2) is 0 Å². The summed E-state index contributed by atoms with van der Waals surface area (Å²) >= 11 is 3.64. The number of nitrogens with one attached hydrogen (secondary N) is 1.